The third-order valence-electron chi connectivity index (χ3n) is 5.32. The molecule has 0 aliphatic heterocycles. The summed E-state index contributed by atoms with van der Waals surface area (Å²) in [5, 5.41) is 15.4. The second kappa shape index (κ2) is 13.7. The zero-order chi connectivity index (χ0) is 24.2. The summed E-state index contributed by atoms with van der Waals surface area (Å²) in [4.78, 5) is 2.15. The van der Waals surface area contributed by atoms with Crippen molar-refractivity contribution in [1.82, 2.24) is 14.7 Å². The smallest absolute Gasteiger partial charge is 0.227 e. The van der Waals surface area contributed by atoms with E-state index in [0.29, 0.717) is 38.7 Å². The van der Waals surface area contributed by atoms with Gasteiger partial charge >= 0.3 is 0 Å². The van der Waals surface area contributed by atoms with Gasteiger partial charge in [0.15, 0.2) is 0 Å². The Morgan fingerprint density at radius 2 is 1.82 bits per heavy atom. The van der Waals surface area contributed by atoms with Crippen LogP contribution in [-0.2, 0) is 22.4 Å². The van der Waals surface area contributed by atoms with Crippen molar-refractivity contribution in [3.63, 3.8) is 0 Å². The van der Waals surface area contributed by atoms with Crippen LogP contribution in [-0.4, -0.2) is 65.9 Å². The zero-order valence-corrected chi connectivity index (χ0v) is 20.1. The van der Waals surface area contributed by atoms with Gasteiger partial charge in [-0.1, -0.05) is 49.4 Å². The third kappa shape index (κ3) is 7.27. The van der Waals surface area contributed by atoms with Crippen LogP contribution in [0.2, 0.25) is 0 Å². The van der Waals surface area contributed by atoms with E-state index < -0.39 is 6.10 Å². The molecule has 7 nitrogen and oxygen atoms in total. The van der Waals surface area contributed by atoms with E-state index in [9.17, 15) is 5.11 Å². The van der Waals surface area contributed by atoms with Gasteiger partial charge < -0.3 is 19.3 Å². The van der Waals surface area contributed by atoms with Crippen molar-refractivity contribution in [2.45, 2.75) is 26.0 Å². The summed E-state index contributed by atoms with van der Waals surface area (Å²) >= 11 is 0. The fraction of sp³-hybridized carbons (Fsp3) is 0.370. The summed E-state index contributed by atoms with van der Waals surface area (Å²) in [7, 11) is 1.68. The highest BCUT2D eigenvalue weighted by Crippen LogP contribution is 2.32. The van der Waals surface area contributed by atoms with E-state index in [1.807, 2.05) is 65.3 Å². The standard InChI is InChI=1S/C27H35N3O4/c1-4-17-33-21-23(31)19-29(16-18-32-3)20-25-26(5-2)28-30(22-12-8-6-9-13-22)27(25)34-24-14-10-7-11-15-24/h4,6-15,23,31H,1,5,16-21H2,2-3H3/t23-/m1/s1. The van der Waals surface area contributed by atoms with Crippen LogP contribution in [0.4, 0.5) is 0 Å². The maximum absolute atomic E-state index is 10.5. The normalized spacial score (nSPS) is 12.1. The maximum atomic E-state index is 10.5. The first-order valence-electron chi connectivity index (χ1n) is 11.6. The zero-order valence-electron chi connectivity index (χ0n) is 20.1. The van der Waals surface area contributed by atoms with Gasteiger partial charge in [-0.15, -0.1) is 6.58 Å². The Bertz CT molecular complexity index is 992. The second-order valence-corrected chi connectivity index (χ2v) is 7.95. The Hall–Kier alpha value is -2.97. The molecule has 0 fully saturated rings. The Morgan fingerprint density at radius 3 is 2.47 bits per heavy atom. The minimum atomic E-state index is -0.635. The Balaban J connectivity index is 1.94. The molecule has 1 heterocycles. The molecule has 0 unspecified atom stereocenters. The van der Waals surface area contributed by atoms with Crippen LogP contribution in [0.3, 0.4) is 0 Å². The van der Waals surface area contributed by atoms with Crippen LogP contribution in [0.5, 0.6) is 11.6 Å². The van der Waals surface area contributed by atoms with Gasteiger partial charge in [0.1, 0.15) is 5.75 Å². The summed E-state index contributed by atoms with van der Waals surface area (Å²) in [5.41, 5.74) is 2.87. The molecule has 0 amide bonds. The lowest BCUT2D eigenvalue weighted by atomic mass is 10.1. The molecule has 0 bridgehead atoms. The molecule has 3 rings (SSSR count). The average molecular weight is 466 g/mol. The van der Waals surface area contributed by atoms with E-state index in [4.69, 9.17) is 19.3 Å². The van der Waals surface area contributed by atoms with Crippen molar-refractivity contribution in [2.24, 2.45) is 0 Å². The highest BCUT2D eigenvalue weighted by molar-refractivity contribution is 5.43. The number of nitrogens with zero attached hydrogens (tertiary/aromatic N) is 3. The fourth-order valence-corrected chi connectivity index (χ4v) is 3.69. The number of para-hydroxylation sites is 2. The number of aromatic nitrogens is 2. The van der Waals surface area contributed by atoms with Crippen LogP contribution in [0.15, 0.2) is 73.3 Å². The number of hydrogen-bond acceptors (Lipinski definition) is 6. The molecule has 0 spiro atoms. The molecule has 1 aromatic heterocycles. The Morgan fingerprint density at radius 1 is 1.12 bits per heavy atom. The van der Waals surface area contributed by atoms with E-state index in [1.54, 1.807) is 13.2 Å². The number of methoxy groups -OCH3 is 1. The molecule has 0 aliphatic rings. The van der Waals surface area contributed by atoms with E-state index in [0.717, 1.165) is 29.1 Å². The van der Waals surface area contributed by atoms with Gasteiger partial charge in [-0.3, -0.25) is 4.90 Å². The highest BCUT2D eigenvalue weighted by atomic mass is 16.5. The number of rotatable bonds is 15. The summed E-state index contributed by atoms with van der Waals surface area (Å²) in [6, 6.07) is 19.7. The predicted octanol–water partition coefficient (Wildman–Crippen LogP) is 4.24. The third-order valence-corrected chi connectivity index (χ3v) is 5.32. The van der Waals surface area contributed by atoms with Gasteiger partial charge in [-0.2, -0.15) is 5.10 Å². The van der Waals surface area contributed by atoms with Crippen LogP contribution >= 0.6 is 0 Å². The molecular weight excluding hydrogens is 430 g/mol. The van der Waals surface area contributed by atoms with Crippen LogP contribution in [0.25, 0.3) is 5.69 Å². The van der Waals surface area contributed by atoms with Gasteiger partial charge in [-0.25, -0.2) is 4.68 Å². The Labute approximate surface area is 202 Å². The number of benzene rings is 2. The molecule has 34 heavy (non-hydrogen) atoms. The lowest BCUT2D eigenvalue weighted by Gasteiger charge is -2.25. The minimum Gasteiger partial charge on any atom is -0.439 e. The molecule has 0 aliphatic carbocycles. The quantitative estimate of drug-likeness (QED) is 0.268. The van der Waals surface area contributed by atoms with E-state index in [-0.39, 0.29) is 6.61 Å². The van der Waals surface area contributed by atoms with Gasteiger partial charge in [0.2, 0.25) is 5.88 Å². The van der Waals surface area contributed by atoms with Crippen molar-refractivity contribution in [3.05, 3.63) is 84.6 Å². The summed E-state index contributed by atoms with van der Waals surface area (Å²) in [6.45, 7) is 8.58. The van der Waals surface area contributed by atoms with Crippen molar-refractivity contribution in [2.75, 3.05) is 40.0 Å². The second-order valence-electron chi connectivity index (χ2n) is 7.95. The first-order chi connectivity index (χ1) is 16.7. The summed E-state index contributed by atoms with van der Waals surface area (Å²) in [5.74, 6) is 1.42. The van der Waals surface area contributed by atoms with Crippen LogP contribution in [0, 0.1) is 0 Å². The highest BCUT2D eigenvalue weighted by Gasteiger charge is 2.23. The van der Waals surface area contributed by atoms with Crippen molar-refractivity contribution >= 4 is 0 Å². The van der Waals surface area contributed by atoms with E-state index in [1.165, 1.54) is 0 Å². The number of aliphatic hydroxyl groups excluding tert-OH is 1. The molecule has 182 valence electrons. The molecule has 7 heteroatoms. The minimum absolute atomic E-state index is 0.243. The van der Waals surface area contributed by atoms with Crippen LogP contribution in [0.1, 0.15) is 18.2 Å². The van der Waals surface area contributed by atoms with Crippen molar-refractivity contribution < 1.29 is 19.3 Å². The monoisotopic (exact) mass is 465 g/mol. The molecule has 1 atom stereocenters. The van der Waals surface area contributed by atoms with Crippen molar-refractivity contribution in [1.29, 1.82) is 0 Å². The molecule has 2 aromatic carbocycles. The van der Waals surface area contributed by atoms with E-state index >= 15 is 0 Å². The fourth-order valence-electron chi connectivity index (χ4n) is 3.69. The summed E-state index contributed by atoms with van der Waals surface area (Å²) < 4.78 is 19.0. The van der Waals surface area contributed by atoms with E-state index in [2.05, 4.69) is 18.4 Å². The lowest BCUT2D eigenvalue weighted by Crippen LogP contribution is -2.36. The molecule has 3 aromatic rings. The van der Waals surface area contributed by atoms with Crippen molar-refractivity contribution in [3.8, 4) is 17.3 Å². The van der Waals surface area contributed by atoms with Gasteiger partial charge in [0.05, 0.1) is 42.9 Å². The van der Waals surface area contributed by atoms with Gasteiger partial charge in [-0.05, 0) is 30.7 Å². The van der Waals surface area contributed by atoms with Crippen LogP contribution < -0.4 is 4.74 Å². The average Bonchev–Trinajstić information content (AvgIpc) is 3.20. The molecule has 0 saturated heterocycles. The first-order valence-corrected chi connectivity index (χ1v) is 11.6. The SMILES string of the molecule is C=CCOC[C@H](O)CN(CCOC)Cc1c(CC)nn(-c2ccccc2)c1Oc1ccccc1. The largest absolute Gasteiger partial charge is 0.439 e. The summed E-state index contributed by atoms with van der Waals surface area (Å²) in [6.07, 6.45) is 1.79. The number of hydrogen-bond donors (Lipinski definition) is 1. The topological polar surface area (TPSA) is 69.0 Å². The molecule has 0 radical (unpaired) electrons. The first kappa shape index (κ1) is 25.6. The lowest BCUT2D eigenvalue weighted by molar-refractivity contribution is 0.0192. The number of aryl methyl sites for hydroxylation is 1. The maximum Gasteiger partial charge on any atom is 0.227 e. The predicted molar refractivity (Wildman–Crippen MR) is 134 cm³/mol. The molecular formula is C27H35N3O4. The number of ether oxygens (including phenoxy) is 3. The van der Waals surface area contributed by atoms with Gasteiger partial charge in [0.25, 0.3) is 0 Å². The van der Waals surface area contributed by atoms with Gasteiger partial charge in [0, 0.05) is 26.7 Å². The Kier molecular flexibility index (Phi) is 10.3. The molecule has 0 saturated carbocycles. The number of aliphatic hydroxyl groups is 1. The molecule has 1 N–H and O–H groups in total.